The highest BCUT2D eigenvalue weighted by Crippen LogP contribution is 2.19. The second-order valence-corrected chi connectivity index (χ2v) is 5.66. The Morgan fingerprint density at radius 1 is 1.33 bits per heavy atom. The molecule has 0 aliphatic heterocycles. The Morgan fingerprint density at radius 3 is 2.61 bits per heavy atom. The van der Waals surface area contributed by atoms with Gasteiger partial charge in [0.25, 0.3) is 0 Å². The predicted octanol–water partition coefficient (Wildman–Crippen LogP) is 1.83. The van der Waals surface area contributed by atoms with E-state index in [1.54, 1.807) is 0 Å². The smallest absolute Gasteiger partial charge is 0.237 e. The van der Waals surface area contributed by atoms with Crippen LogP contribution in [0, 0.1) is 5.92 Å². The zero-order chi connectivity index (χ0) is 13.4. The number of hydrogen-bond donors (Lipinski definition) is 2. The SMILES string of the molecule is CC(C)C[C@@H](N)C(=O)NCCOC1CCCCC1. The lowest BCUT2D eigenvalue weighted by Gasteiger charge is -2.22. The van der Waals surface area contributed by atoms with Crippen molar-refractivity contribution in [1.29, 1.82) is 0 Å². The lowest BCUT2D eigenvalue weighted by Crippen LogP contribution is -2.42. The molecule has 1 rings (SSSR count). The summed E-state index contributed by atoms with van der Waals surface area (Å²) in [6, 6.07) is -0.389. The van der Waals surface area contributed by atoms with Crippen LogP contribution in [0.4, 0.5) is 0 Å². The molecule has 0 aromatic rings. The Labute approximate surface area is 111 Å². The van der Waals surface area contributed by atoms with Crippen LogP contribution in [-0.4, -0.2) is 31.2 Å². The second kappa shape index (κ2) is 8.48. The van der Waals surface area contributed by atoms with Gasteiger partial charge in [-0.15, -0.1) is 0 Å². The fourth-order valence-corrected chi connectivity index (χ4v) is 2.38. The minimum Gasteiger partial charge on any atom is -0.376 e. The third-order valence-corrected chi connectivity index (χ3v) is 3.37. The molecule has 0 aromatic carbocycles. The maximum Gasteiger partial charge on any atom is 0.237 e. The molecule has 0 bridgehead atoms. The number of ether oxygens (including phenoxy) is 1. The monoisotopic (exact) mass is 256 g/mol. The summed E-state index contributed by atoms with van der Waals surface area (Å²) >= 11 is 0. The minimum atomic E-state index is -0.389. The minimum absolute atomic E-state index is 0.0593. The zero-order valence-electron chi connectivity index (χ0n) is 11.8. The van der Waals surface area contributed by atoms with Crippen LogP contribution in [-0.2, 0) is 9.53 Å². The number of nitrogens with two attached hydrogens (primary N) is 1. The molecule has 0 unspecified atom stereocenters. The van der Waals surface area contributed by atoms with Crippen LogP contribution in [0.3, 0.4) is 0 Å². The van der Waals surface area contributed by atoms with Gasteiger partial charge < -0.3 is 15.8 Å². The predicted molar refractivity (Wildman–Crippen MR) is 73.3 cm³/mol. The zero-order valence-corrected chi connectivity index (χ0v) is 11.8. The Morgan fingerprint density at radius 2 is 2.00 bits per heavy atom. The van der Waals surface area contributed by atoms with Crippen molar-refractivity contribution in [3.63, 3.8) is 0 Å². The standard InChI is InChI=1S/C14H28N2O2/c1-11(2)10-13(15)14(17)16-8-9-18-12-6-4-3-5-7-12/h11-13H,3-10,15H2,1-2H3,(H,16,17)/t13-/m1/s1. The van der Waals surface area contributed by atoms with Gasteiger partial charge >= 0.3 is 0 Å². The Hall–Kier alpha value is -0.610. The lowest BCUT2D eigenvalue weighted by molar-refractivity contribution is -0.123. The first kappa shape index (κ1) is 15.4. The third kappa shape index (κ3) is 6.36. The summed E-state index contributed by atoms with van der Waals surface area (Å²) < 4.78 is 5.74. The van der Waals surface area contributed by atoms with E-state index in [1.807, 2.05) is 0 Å². The van der Waals surface area contributed by atoms with E-state index in [0.29, 0.717) is 25.2 Å². The molecule has 0 radical (unpaired) electrons. The highest BCUT2D eigenvalue weighted by atomic mass is 16.5. The van der Waals surface area contributed by atoms with Crippen LogP contribution < -0.4 is 11.1 Å². The normalized spacial score (nSPS) is 18.9. The van der Waals surface area contributed by atoms with Crippen LogP contribution in [0.1, 0.15) is 52.4 Å². The number of nitrogens with one attached hydrogen (secondary N) is 1. The van der Waals surface area contributed by atoms with E-state index in [9.17, 15) is 4.79 Å². The third-order valence-electron chi connectivity index (χ3n) is 3.37. The van der Waals surface area contributed by atoms with Gasteiger partial charge in [0.15, 0.2) is 0 Å². The van der Waals surface area contributed by atoms with Gasteiger partial charge in [0.1, 0.15) is 0 Å². The molecule has 1 fully saturated rings. The first-order chi connectivity index (χ1) is 8.59. The number of rotatable bonds is 7. The van der Waals surface area contributed by atoms with Gasteiger partial charge in [0.05, 0.1) is 18.8 Å². The molecule has 0 aromatic heterocycles. The molecule has 106 valence electrons. The maximum atomic E-state index is 11.6. The molecule has 0 saturated heterocycles. The summed E-state index contributed by atoms with van der Waals surface area (Å²) in [5.74, 6) is 0.389. The molecule has 1 aliphatic rings. The fraction of sp³-hybridized carbons (Fsp3) is 0.929. The molecule has 18 heavy (non-hydrogen) atoms. The molecule has 3 N–H and O–H groups in total. The van der Waals surface area contributed by atoms with Crippen molar-refractivity contribution in [2.24, 2.45) is 11.7 Å². The largest absolute Gasteiger partial charge is 0.376 e. The van der Waals surface area contributed by atoms with E-state index in [0.717, 1.165) is 6.42 Å². The second-order valence-electron chi connectivity index (χ2n) is 5.66. The average Bonchev–Trinajstić information content (AvgIpc) is 2.34. The average molecular weight is 256 g/mol. The van der Waals surface area contributed by atoms with Crippen LogP contribution in [0.15, 0.2) is 0 Å². The van der Waals surface area contributed by atoms with Crippen molar-refractivity contribution < 1.29 is 9.53 Å². The molecular weight excluding hydrogens is 228 g/mol. The van der Waals surface area contributed by atoms with Crippen molar-refractivity contribution in [2.45, 2.75) is 64.5 Å². The molecule has 1 atom stereocenters. The van der Waals surface area contributed by atoms with Crippen LogP contribution in [0.25, 0.3) is 0 Å². The highest BCUT2D eigenvalue weighted by molar-refractivity contribution is 5.81. The topological polar surface area (TPSA) is 64.4 Å². The Bertz CT molecular complexity index is 238. The van der Waals surface area contributed by atoms with Crippen molar-refractivity contribution in [3.05, 3.63) is 0 Å². The van der Waals surface area contributed by atoms with Crippen LogP contribution in [0.2, 0.25) is 0 Å². The summed E-state index contributed by atoms with van der Waals surface area (Å²) in [7, 11) is 0. The number of hydrogen-bond acceptors (Lipinski definition) is 3. The van der Waals surface area contributed by atoms with Gasteiger partial charge in [0.2, 0.25) is 5.91 Å². The van der Waals surface area contributed by atoms with Gasteiger partial charge in [-0.25, -0.2) is 0 Å². The van der Waals surface area contributed by atoms with Gasteiger partial charge in [-0.3, -0.25) is 4.79 Å². The summed E-state index contributed by atoms with van der Waals surface area (Å²) in [6.45, 7) is 5.31. The van der Waals surface area contributed by atoms with Gasteiger partial charge in [0, 0.05) is 6.54 Å². The van der Waals surface area contributed by atoms with E-state index in [-0.39, 0.29) is 11.9 Å². The molecule has 0 heterocycles. The Kier molecular flexibility index (Phi) is 7.28. The molecule has 4 heteroatoms. The van der Waals surface area contributed by atoms with Crippen molar-refractivity contribution >= 4 is 5.91 Å². The van der Waals surface area contributed by atoms with Gasteiger partial charge in [-0.1, -0.05) is 33.1 Å². The number of amides is 1. The van der Waals surface area contributed by atoms with Crippen molar-refractivity contribution in [2.75, 3.05) is 13.2 Å². The molecule has 1 aliphatic carbocycles. The van der Waals surface area contributed by atoms with Gasteiger partial charge in [-0.2, -0.15) is 0 Å². The number of carbonyl (C=O) groups excluding carboxylic acids is 1. The molecule has 1 saturated carbocycles. The van der Waals surface area contributed by atoms with E-state index < -0.39 is 0 Å². The van der Waals surface area contributed by atoms with Crippen LogP contribution >= 0.6 is 0 Å². The molecule has 0 spiro atoms. The first-order valence-electron chi connectivity index (χ1n) is 7.24. The molecule has 1 amide bonds. The molecule has 4 nitrogen and oxygen atoms in total. The van der Waals surface area contributed by atoms with Crippen molar-refractivity contribution in [3.8, 4) is 0 Å². The van der Waals surface area contributed by atoms with E-state index in [4.69, 9.17) is 10.5 Å². The summed E-state index contributed by atoms with van der Waals surface area (Å²) in [5, 5.41) is 2.84. The fourth-order valence-electron chi connectivity index (χ4n) is 2.38. The van der Waals surface area contributed by atoms with E-state index in [2.05, 4.69) is 19.2 Å². The van der Waals surface area contributed by atoms with E-state index >= 15 is 0 Å². The lowest BCUT2D eigenvalue weighted by atomic mass is 9.98. The summed E-state index contributed by atoms with van der Waals surface area (Å²) in [4.78, 5) is 11.6. The summed E-state index contributed by atoms with van der Waals surface area (Å²) in [6.07, 6.45) is 7.35. The Balaban J connectivity index is 2.04. The number of carbonyl (C=O) groups is 1. The molecular formula is C14H28N2O2. The van der Waals surface area contributed by atoms with E-state index in [1.165, 1.54) is 32.1 Å². The van der Waals surface area contributed by atoms with Crippen molar-refractivity contribution in [1.82, 2.24) is 5.32 Å². The summed E-state index contributed by atoms with van der Waals surface area (Å²) in [5.41, 5.74) is 5.79. The van der Waals surface area contributed by atoms with Crippen LogP contribution in [0.5, 0.6) is 0 Å². The quantitative estimate of drug-likeness (QED) is 0.683. The maximum absolute atomic E-state index is 11.6. The first-order valence-corrected chi connectivity index (χ1v) is 7.24. The van der Waals surface area contributed by atoms with Gasteiger partial charge in [-0.05, 0) is 25.2 Å². The highest BCUT2D eigenvalue weighted by Gasteiger charge is 2.15.